The summed E-state index contributed by atoms with van der Waals surface area (Å²) in [5.74, 6) is -0.0191. The van der Waals surface area contributed by atoms with Gasteiger partial charge in [0.2, 0.25) is 5.91 Å². The standard InChI is InChI=1S/C18H21N3O3/c22-17(21-9-10-24-16-8-4-3-7-15(16)21)11-20-12-19-14-6-2-1-5-13(14)18(20)23/h1-2,5-6,12,15-16H,3-4,7-11H2/t15-,16-/m0/s1. The molecule has 0 bridgehead atoms. The highest BCUT2D eigenvalue weighted by molar-refractivity contribution is 5.79. The lowest BCUT2D eigenvalue weighted by Gasteiger charge is -2.43. The summed E-state index contributed by atoms with van der Waals surface area (Å²) in [5, 5.41) is 0.547. The van der Waals surface area contributed by atoms with Crippen molar-refractivity contribution >= 4 is 16.8 Å². The number of fused-ring (bicyclic) bond motifs is 2. The van der Waals surface area contributed by atoms with Crippen molar-refractivity contribution in [3.63, 3.8) is 0 Å². The first-order valence-corrected chi connectivity index (χ1v) is 8.59. The molecular weight excluding hydrogens is 306 g/mol. The smallest absolute Gasteiger partial charge is 0.261 e. The Kier molecular flexibility index (Phi) is 4.06. The van der Waals surface area contributed by atoms with Crippen molar-refractivity contribution in [3.8, 4) is 0 Å². The largest absolute Gasteiger partial charge is 0.374 e. The van der Waals surface area contributed by atoms with Crippen molar-refractivity contribution in [3.05, 3.63) is 40.9 Å². The third kappa shape index (κ3) is 2.71. The number of benzene rings is 1. The van der Waals surface area contributed by atoms with E-state index in [9.17, 15) is 9.59 Å². The minimum absolute atomic E-state index is 0.0191. The fourth-order valence-electron chi connectivity index (χ4n) is 3.86. The van der Waals surface area contributed by atoms with Crippen molar-refractivity contribution in [1.29, 1.82) is 0 Å². The van der Waals surface area contributed by atoms with Gasteiger partial charge in [-0.05, 0) is 25.0 Å². The number of hydrogen-bond acceptors (Lipinski definition) is 4. The molecule has 126 valence electrons. The number of hydrogen-bond donors (Lipinski definition) is 0. The van der Waals surface area contributed by atoms with Gasteiger partial charge in [-0.15, -0.1) is 0 Å². The molecule has 2 aromatic rings. The van der Waals surface area contributed by atoms with E-state index in [1.54, 1.807) is 12.1 Å². The molecule has 1 aliphatic heterocycles. The summed E-state index contributed by atoms with van der Waals surface area (Å²) in [6.45, 7) is 1.23. The molecule has 1 saturated carbocycles. The van der Waals surface area contributed by atoms with Gasteiger partial charge in [-0.2, -0.15) is 0 Å². The molecular formula is C18H21N3O3. The Bertz CT molecular complexity index is 815. The van der Waals surface area contributed by atoms with Crippen molar-refractivity contribution in [2.75, 3.05) is 13.2 Å². The van der Waals surface area contributed by atoms with Gasteiger partial charge < -0.3 is 9.64 Å². The Hall–Kier alpha value is -2.21. The topological polar surface area (TPSA) is 64.4 Å². The maximum absolute atomic E-state index is 12.8. The van der Waals surface area contributed by atoms with Crippen LogP contribution >= 0.6 is 0 Å². The Balaban J connectivity index is 1.57. The van der Waals surface area contributed by atoms with Crippen LogP contribution in [0.2, 0.25) is 0 Å². The van der Waals surface area contributed by atoms with Gasteiger partial charge in [0.05, 0.1) is 36.0 Å². The molecule has 0 spiro atoms. The minimum atomic E-state index is -0.164. The number of ether oxygens (including phenoxy) is 1. The zero-order valence-electron chi connectivity index (χ0n) is 13.6. The van der Waals surface area contributed by atoms with Crippen LogP contribution in [0.4, 0.5) is 0 Å². The van der Waals surface area contributed by atoms with Gasteiger partial charge in [0.25, 0.3) is 5.56 Å². The summed E-state index contributed by atoms with van der Waals surface area (Å²) in [6.07, 6.45) is 5.93. The first-order valence-electron chi connectivity index (χ1n) is 8.59. The molecule has 0 N–H and O–H groups in total. The van der Waals surface area contributed by atoms with Crippen molar-refractivity contribution in [2.45, 2.75) is 44.4 Å². The molecule has 1 amide bonds. The molecule has 1 aromatic heterocycles. The van der Waals surface area contributed by atoms with Crippen molar-refractivity contribution in [1.82, 2.24) is 14.5 Å². The van der Waals surface area contributed by atoms with E-state index in [0.717, 1.165) is 25.7 Å². The number of nitrogens with zero attached hydrogens (tertiary/aromatic N) is 3. The van der Waals surface area contributed by atoms with Crippen LogP contribution in [0, 0.1) is 0 Å². The number of carbonyl (C=O) groups excluding carboxylic acids is 1. The number of carbonyl (C=O) groups is 1. The Morgan fingerprint density at radius 3 is 3.00 bits per heavy atom. The van der Waals surface area contributed by atoms with E-state index < -0.39 is 0 Å². The predicted octanol–water partition coefficient (Wildman–Crippen LogP) is 1.57. The van der Waals surface area contributed by atoms with Gasteiger partial charge in [0, 0.05) is 6.54 Å². The molecule has 6 heteroatoms. The van der Waals surface area contributed by atoms with Gasteiger partial charge in [-0.3, -0.25) is 14.2 Å². The number of amides is 1. The van der Waals surface area contributed by atoms with E-state index in [4.69, 9.17) is 4.74 Å². The molecule has 2 atom stereocenters. The summed E-state index contributed by atoms with van der Waals surface area (Å²) in [4.78, 5) is 31.6. The third-order valence-corrected chi connectivity index (χ3v) is 5.09. The highest BCUT2D eigenvalue weighted by atomic mass is 16.5. The molecule has 2 aliphatic rings. The normalized spacial score (nSPS) is 23.9. The van der Waals surface area contributed by atoms with Crippen LogP contribution in [0.1, 0.15) is 25.7 Å². The number of aromatic nitrogens is 2. The third-order valence-electron chi connectivity index (χ3n) is 5.09. The summed E-state index contributed by atoms with van der Waals surface area (Å²) >= 11 is 0. The summed E-state index contributed by atoms with van der Waals surface area (Å²) in [5.41, 5.74) is 0.493. The van der Waals surface area contributed by atoms with Crippen molar-refractivity contribution < 1.29 is 9.53 Å². The van der Waals surface area contributed by atoms with Crippen LogP contribution in [0.5, 0.6) is 0 Å². The maximum atomic E-state index is 12.8. The summed E-state index contributed by atoms with van der Waals surface area (Å²) in [7, 11) is 0. The minimum Gasteiger partial charge on any atom is -0.374 e. The maximum Gasteiger partial charge on any atom is 0.261 e. The second-order valence-corrected chi connectivity index (χ2v) is 6.54. The summed E-state index contributed by atoms with van der Waals surface area (Å²) in [6, 6.07) is 7.37. The fourth-order valence-corrected chi connectivity index (χ4v) is 3.86. The van der Waals surface area contributed by atoms with Crippen LogP contribution in [0.15, 0.2) is 35.4 Å². The fraction of sp³-hybridized carbons (Fsp3) is 0.500. The molecule has 2 heterocycles. The zero-order chi connectivity index (χ0) is 16.5. The number of morpholine rings is 1. The molecule has 24 heavy (non-hydrogen) atoms. The lowest BCUT2D eigenvalue weighted by Crippen LogP contribution is -2.55. The molecule has 1 saturated heterocycles. The molecule has 0 unspecified atom stereocenters. The molecule has 1 aromatic carbocycles. The lowest BCUT2D eigenvalue weighted by molar-refractivity contribution is -0.150. The first-order chi connectivity index (χ1) is 11.7. The highest BCUT2D eigenvalue weighted by Crippen LogP contribution is 2.28. The SMILES string of the molecule is O=C(Cn1cnc2ccccc2c1=O)N1CCO[C@H]2CCCC[C@@H]21. The van der Waals surface area contributed by atoms with E-state index in [2.05, 4.69) is 4.98 Å². The second kappa shape index (κ2) is 6.36. The zero-order valence-corrected chi connectivity index (χ0v) is 13.6. The highest BCUT2D eigenvalue weighted by Gasteiger charge is 2.36. The van der Waals surface area contributed by atoms with E-state index in [1.807, 2.05) is 17.0 Å². The number of para-hydroxylation sites is 1. The average Bonchev–Trinajstić information content (AvgIpc) is 2.63. The summed E-state index contributed by atoms with van der Waals surface area (Å²) < 4.78 is 7.23. The van der Waals surface area contributed by atoms with Crippen LogP contribution in [-0.4, -0.2) is 45.7 Å². The van der Waals surface area contributed by atoms with E-state index in [0.29, 0.717) is 24.1 Å². The van der Waals surface area contributed by atoms with Gasteiger partial charge in [0.15, 0.2) is 0 Å². The average molecular weight is 327 g/mol. The lowest BCUT2D eigenvalue weighted by atomic mass is 9.90. The molecule has 4 rings (SSSR count). The molecule has 0 radical (unpaired) electrons. The van der Waals surface area contributed by atoms with E-state index in [-0.39, 0.29) is 30.2 Å². The van der Waals surface area contributed by atoms with Gasteiger partial charge in [-0.1, -0.05) is 25.0 Å². The van der Waals surface area contributed by atoms with Gasteiger partial charge in [-0.25, -0.2) is 4.98 Å². The van der Waals surface area contributed by atoms with Gasteiger partial charge in [0.1, 0.15) is 6.54 Å². The number of rotatable bonds is 2. The monoisotopic (exact) mass is 327 g/mol. The molecule has 6 nitrogen and oxygen atoms in total. The first kappa shape index (κ1) is 15.3. The van der Waals surface area contributed by atoms with Crippen LogP contribution in [0.3, 0.4) is 0 Å². The van der Waals surface area contributed by atoms with E-state index >= 15 is 0 Å². The second-order valence-electron chi connectivity index (χ2n) is 6.54. The Labute approximate surface area is 140 Å². The Morgan fingerprint density at radius 2 is 2.08 bits per heavy atom. The molecule has 2 fully saturated rings. The van der Waals surface area contributed by atoms with E-state index in [1.165, 1.54) is 10.9 Å². The van der Waals surface area contributed by atoms with Crippen molar-refractivity contribution in [2.24, 2.45) is 0 Å². The van der Waals surface area contributed by atoms with Crippen LogP contribution in [0.25, 0.3) is 10.9 Å². The van der Waals surface area contributed by atoms with Crippen LogP contribution in [-0.2, 0) is 16.1 Å². The van der Waals surface area contributed by atoms with Crippen LogP contribution < -0.4 is 5.56 Å². The van der Waals surface area contributed by atoms with Gasteiger partial charge >= 0.3 is 0 Å². The molecule has 1 aliphatic carbocycles. The predicted molar refractivity (Wildman–Crippen MR) is 89.7 cm³/mol. The Morgan fingerprint density at radius 1 is 1.25 bits per heavy atom. The quantitative estimate of drug-likeness (QED) is 0.840.